The maximum Gasteiger partial charge on any atom is 0.154 e. The maximum atomic E-state index is 4.90. The number of benzene rings is 4. The predicted octanol–water partition coefficient (Wildman–Crippen LogP) is 6.63. The highest BCUT2D eigenvalue weighted by atomic mass is 14.9. The van der Waals surface area contributed by atoms with Gasteiger partial charge in [-0.1, -0.05) is 96.6 Å². The first kappa shape index (κ1) is 19.2. The first-order valence-electron chi connectivity index (χ1n) is 10.7. The molecule has 1 aliphatic carbocycles. The smallest absolute Gasteiger partial charge is 0.154 e. The number of amidine groups is 1. The Morgan fingerprint density at radius 3 is 2.45 bits per heavy atom. The van der Waals surface area contributed by atoms with Gasteiger partial charge in [0.2, 0.25) is 0 Å². The Balaban J connectivity index is 1.53. The van der Waals surface area contributed by atoms with Crippen molar-refractivity contribution in [2.45, 2.75) is 19.9 Å². The fraction of sp³-hybridized carbons (Fsp3) is 0.103. The van der Waals surface area contributed by atoms with E-state index in [0.29, 0.717) is 6.54 Å². The lowest BCUT2D eigenvalue weighted by Gasteiger charge is -2.07. The second-order valence-corrected chi connectivity index (χ2v) is 7.97. The van der Waals surface area contributed by atoms with E-state index in [-0.39, 0.29) is 0 Å². The molecule has 0 aromatic heterocycles. The summed E-state index contributed by atoms with van der Waals surface area (Å²) in [6.45, 7) is 2.71. The topological polar surface area (TPSA) is 24.7 Å². The highest BCUT2D eigenvalue weighted by molar-refractivity contribution is 6.07. The van der Waals surface area contributed by atoms with Gasteiger partial charge in [0, 0.05) is 17.3 Å². The van der Waals surface area contributed by atoms with E-state index in [4.69, 9.17) is 9.98 Å². The molecule has 0 aliphatic heterocycles. The fourth-order valence-electron chi connectivity index (χ4n) is 4.20. The van der Waals surface area contributed by atoms with Crippen molar-refractivity contribution in [1.82, 2.24) is 0 Å². The van der Waals surface area contributed by atoms with Gasteiger partial charge >= 0.3 is 0 Å². The first-order chi connectivity index (χ1) is 15.3. The van der Waals surface area contributed by atoms with Crippen molar-refractivity contribution in [3.8, 4) is 11.1 Å². The molecule has 0 N–H and O–H groups in total. The highest BCUT2D eigenvalue weighted by Crippen LogP contribution is 2.38. The zero-order valence-corrected chi connectivity index (χ0v) is 17.6. The largest absolute Gasteiger partial charge is 0.261 e. The van der Waals surface area contributed by atoms with Gasteiger partial charge in [-0.15, -0.1) is 0 Å². The quantitative estimate of drug-likeness (QED) is 0.239. The van der Waals surface area contributed by atoms with Crippen molar-refractivity contribution in [2.75, 3.05) is 0 Å². The van der Waals surface area contributed by atoms with Gasteiger partial charge in [-0.25, -0.2) is 4.99 Å². The van der Waals surface area contributed by atoms with Crippen LogP contribution in [0, 0.1) is 6.92 Å². The molecule has 4 aromatic rings. The Morgan fingerprint density at radius 1 is 0.806 bits per heavy atom. The lowest BCUT2D eigenvalue weighted by atomic mass is 10.0. The van der Waals surface area contributed by atoms with E-state index < -0.39 is 0 Å². The van der Waals surface area contributed by atoms with Crippen LogP contribution in [0.4, 0.5) is 0 Å². The number of hydrogen-bond acceptors (Lipinski definition) is 1. The van der Waals surface area contributed by atoms with Gasteiger partial charge in [-0.3, -0.25) is 4.99 Å². The minimum Gasteiger partial charge on any atom is -0.261 e. The molecule has 0 saturated carbocycles. The van der Waals surface area contributed by atoms with Gasteiger partial charge in [-0.05, 0) is 47.2 Å². The van der Waals surface area contributed by atoms with Gasteiger partial charge in [0.15, 0.2) is 5.84 Å². The number of aliphatic imine (C=N–C) groups is 2. The minimum absolute atomic E-state index is 0.608. The molecule has 0 saturated heterocycles. The van der Waals surface area contributed by atoms with E-state index in [9.17, 15) is 0 Å². The van der Waals surface area contributed by atoms with Crippen LogP contribution in [0.3, 0.4) is 0 Å². The number of fused-ring (bicyclic) bond motifs is 3. The molecule has 0 fully saturated rings. The standard InChI is InChI=1S/C29H24N2/c1-21-9-7-14-25(17-21)29(30-19-22-10-3-2-4-11-22)31-20-26-15-8-13-24-18-23-12-5-6-16-27(23)28(24)26/h2-17,20H,18-19H2,1H3. The van der Waals surface area contributed by atoms with E-state index in [1.165, 1.54) is 33.4 Å². The molecule has 5 rings (SSSR count). The molecular weight excluding hydrogens is 376 g/mol. The van der Waals surface area contributed by atoms with E-state index in [2.05, 4.69) is 85.8 Å². The van der Waals surface area contributed by atoms with Crippen LogP contribution in [0.25, 0.3) is 11.1 Å². The molecule has 150 valence electrons. The first-order valence-corrected chi connectivity index (χ1v) is 10.7. The minimum atomic E-state index is 0.608. The Hall–Kier alpha value is -3.78. The predicted molar refractivity (Wildman–Crippen MR) is 130 cm³/mol. The lowest BCUT2D eigenvalue weighted by Crippen LogP contribution is -2.01. The molecule has 2 heteroatoms. The number of hydrogen-bond donors (Lipinski definition) is 0. The maximum absolute atomic E-state index is 4.90. The Bertz CT molecular complexity index is 1280. The van der Waals surface area contributed by atoms with Crippen LogP contribution in [-0.4, -0.2) is 12.1 Å². The molecule has 0 bridgehead atoms. The molecule has 2 nitrogen and oxygen atoms in total. The molecule has 4 aromatic carbocycles. The van der Waals surface area contributed by atoms with Crippen molar-refractivity contribution in [3.63, 3.8) is 0 Å². The average Bonchev–Trinajstić information content (AvgIpc) is 3.19. The van der Waals surface area contributed by atoms with Crippen LogP contribution < -0.4 is 0 Å². The number of nitrogens with zero attached hydrogens (tertiary/aromatic N) is 2. The van der Waals surface area contributed by atoms with Gasteiger partial charge in [0.1, 0.15) is 0 Å². The summed E-state index contributed by atoms with van der Waals surface area (Å²) in [6, 6.07) is 33.9. The van der Waals surface area contributed by atoms with E-state index in [1.807, 2.05) is 24.4 Å². The third kappa shape index (κ3) is 4.10. The van der Waals surface area contributed by atoms with Crippen molar-refractivity contribution in [2.24, 2.45) is 9.98 Å². The summed E-state index contributed by atoms with van der Waals surface area (Å²) in [4.78, 5) is 9.77. The third-order valence-electron chi connectivity index (χ3n) is 5.71. The molecule has 0 atom stereocenters. The summed E-state index contributed by atoms with van der Waals surface area (Å²) in [5.41, 5.74) is 9.93. The van der Waals surface area contributed by atoms with Crippen molar-refractivity contribution >= 4 is 12.1 Å². The third-order valence-corrected chi connectivity index (χ3v) is 5.71. The van der Waals surface area contributed by atoms with E-state index in [0.717, 1.165) is 23.4 Å². The van der Waals surface area contributed by atoms with Crippen LogP contribution in [0.5, 0.6) is 0 Å². The summed E-state index contributed by atoms with van der Waals surface area (Å²) in [5, 5.41) is 0. The SMILES string of the molecule is Cc1cccc(C(N=Cc2cccc3c2-c2ccccc2C3)=NCc2ccccc2)c1. The van der Waals surface area contributed by atoms with Gasteiger partial charge < -0.3 is 0 Å². The van der Waals surface area contributed by atoms with E-state index >= 15 is 0 Å². The number of rotatable bonds is 4. The zero-order chi connectivity index (χ0) is 21.0. The molecule has 0 radical (unpaired) electrons. The van der Waals surface area contributed by atoms with Gasteiger partial charge in [0.25, 0.3) is 0 Å². The Kier molecular flexibility index (Phi) is 5.28. The normalized spacial score (nSPS) is 12.7. The summed E-state index contributed by atoms with van der Waals surface area (Å²) in [7, 11) is 0. The number of aryl methyl sites for hydroxylation is 1. The van der Waals surface area contributed by atoms with Gasteiger partial charge in [0.05, 0.1) is 6.54 Å². The molecular formula is C29H24N2. The summed E-state index contributed by atoms with van der Waals surface area (Å²) < 4.78 is 0. The van der Waals surface area contributed by atoms with Gasteiger partial charge in [-0.2, -0.15) is 0 Å². The zero-order valence-electron chi connectivity index (χ0n) is 17.6. The monoisotopic (exact) mass is 400 g/mol. The summed E-state index contributed by atoms with van der Waals surface area (Å²) in [6.07, 6.45) is 2.97. The van der Waals surface area contributed by atoms with Crippen molar-refractivity contribution in [3.05, 3.63) is 130 Å². The second-order valence-electron chi connectivity index (χ2n) is 7.97. The van der Waals surface area contributed by atoms with E-state index in [1.54, 1.807) is 0 Å². The Labute approximate surface area is 183 Å². The second kappa shape index (κ2) is 8.53. The highest BCUT2D eigenvalue weighted by Gasteiger charge is 2.19. The van der Waals surface area contributed by atoms with Crippen LogP contribution in [0.1, 0.15) is 33.4 Å². The lowest BCUT2D eigenvalue weighted by molar-refractivity contribution is 1.06. The van der Waals surface area contributed by atoms with Crippen molar-refractivity contribution < 1.29 is 0 Å². The molecule has 0 heterocycles. The van der Waals surface area contributed by atoms with Crippen LogP contribution in [-0.2, 0) is 13.0 Å². The van der Waals surface area contributed by atoms with Crippen LogP contribution in [0.2, 0.25) is 0 Å². The fourth-order valence-corrected chi connectivity index (χ4v) is 4.20. The molecule has 0 amide bonds. The summed E-state index contributed by atoms with van der Waals surface area (Å²) in [5.74, 6) is 0.761. The molecule has 0 spiro atoms. The van der Waals surface area contributed by atoms with Crippen LogP contribution >= 0.6 is 0 Å². The molecule has 1 aliphatic rings. The summed E-state index contributed by atoms with van der Waals surface area (Å²) >= 11 is 0. The van der Waals surface area contributed by atoms with Crippen LogP contribution in [0.15, 0.2) is 107 Å². The molecule has 0 unspecified atom stereocenters. The van der Waals surface area contributed by atoms with Crippen molar-refractivity contribution in [1.29, 1.82) is 0 Å². The average molecular weight is 401 g/mol. The Morgan fingerprint density at radius 2 is 1.58 bits per heavy atom. The molecule has 31 heavy (non-hydrogen) atoms.